The number of ether oxygens (including phenoxy) is 1. The van der Waals surface area contributed by atoms with Crippen LogP contribution in [-0.4, -0.2) is 69.6 Å². The quantitative estimate of drug-likeness (QED) is 0.495. The van der Waals surface area contributed by atoms with Crippen molar-refractivity contribution < 1.29 is 27.2 Å². The molecule has 4 rings (SSSR count). The highest BCUT2D eigenvalue weighted by Crippen LogP contribution is 2.37. The molecule has 174 valence electrons. The Morgan fingerprint density at radius 2 is 1.88 bits per heavy atom. The standard InChI is InChI=1S/C21H20F3N5O3S/c1-31-15-6-4-14(5-7-15)18-26-17(32-27-18)13-28-9-11-29(12-10-28)20(30)16-3-2-8-25-19(16)33-21(22,23)24/h2-8H,9-13H2,1H3. The second-order valence-corrected chi connectivity index (χ2v) is 8.27. The first-order valence-corrected chi connectivity index (χ1v) is 10.8. The Hall–Kier alpha value is -3.12. The van der Waals surface area contributed by atoms with Gasteiger partial charge in [0.2, 0.25) is 11.7 Å². The van der Waals surface area contributed by atoms with Crippen LogP contribution in [-0.2, 0) is 6.54 Å². The van der Waals surface area contributed by atoms with E-state index in [2.05, 4.69) is 15.1 Å². The van der Waals surface area contributed by atoms with E-state index in [0.29, 0.717) is 44.4 Å². The van der Waals surface area contributed by atoms with E-state index in [9.17, 15) is 18.0 Å². The van der Waals surface area contributed by atoms with Gasteiger partial charge in [0.15, 0.2) is 0 Å². The van der Waals surface area contributed by atoms with Crippen molar-refractivity contribution in [3.8, 4) is 17.1 Å². The number of carbonyl (C=O) groups excluding carboxylic acids is 1. The van der Waals surface area contributed by atoms with Crippen molar-refractivity contribution in [2.75, 3.05) is 33.3 Å². The lowest BCUT2D eigenvalue weighted by atomic mass is 10.2. The van der Waals surface area contributed by atoms with Crippen LogP contribution in [0.25, 0.3) is 11.4 Å². The van der Waals surface area contributed by atoms with Gasteiger partial charge in [-0.3, -0.25) is 9.69 Å². The molecule has 8 nitrogen and oxygen atoms in total. The summed E-state index contributed by atoms with van der Waals surface area (Å²) in [6.45, 7) is 2.18. The van der Waals surface area contributed by atoms with Crippen molar-refractivity contribution in [1.82, 2.24) is 24.9 Å². The van der Waals surface area contributed by atoms with Crippen molar-refractivity contribution >= 4 is 17.7 Å². The zero-order valence-corrected chi connectivity index (χ0v) is 18.4. The summed E-state index contributed by atoms with van der Waals surface area (Å²) in [5.41, 5.74) is -3.77. The molecule has 0 spiro atoms. The minimum Gasteiger partial charge on any atom is -0.497 e. The zero-order valence-electron chi connectivity index (χ0n) is 17.6. The summed E-state index contributed by atoms with van der Waals surface area (Å²) in [5, 5.41) is 3.67. The number of halogens is 3. The Morgan fingerprint density at radius 3 is 2.55 bits per heavy atom. The summed E-state index contributed by atoms with van der Waals surface area (Å²) in [7, 11) is 1.59. The fourth-order valence-corrected chi connectivity index (χ4v) is 3.99. The van der Waals surface area contributed by atoms with Gasteiger partial charge in [0.25, 0.3) is 5.91 Å². The maximum absolute atomic E-state index is 12.8. The number of methoxy groups -OCH3 is 1. The van der Waals surface area contributed by atoms with Crippen molar-refractivity contribution in [3.05, 3.63) is 54.0 Å². The average molecular weight is 479 g/mol. The highest BCUT2D eigenvalue weighted by molar-refractivity contribution is 8.00. The minimum atomic E-state index is -4.52. The number of rotatable bonds is 6. The molecule has 0 unspecified atom stereocenters. The molecule has 33 heavy (non-hydrogen) atoms. The summed E-state index contributed by atoms with van der Waals surface area (Å²) in [6, 6.07) is 10.1. The third kappa shape index (κ3) is 5.82. The predicted molar refractivity (Wildman–Crippen MR) is 114 cm³/mol. The monoisotopic (exact) mass is 479 g/mol. The van der Waals surface area contributed by atoms with Gasteiger partial charge in [-0.2, -0.15) is 18.2 Å². The Bertz CT molecular complexity index is 1100. The molecule has 12 heteroatoms. The molecule has 0 saturated carbocycles. The van der Waals surface area contributed by atoms with E-state index in [1.165, 1.54) is 23.2 Å². The number of nitrogens with zero attached hydrogens (tertiary/aromatic N) is 5. The van der Waals surface area contributed by atoms with E-state index in [1.807, 2.05) is 29.2 Å². The second-order valence-electron chi connectivity index (χ2n) is 7.21. The third-order valence-corrected chi connectivity index (χ3v) is 5.80. The second kappa shape index (κ2) is 9.79. The van der Waals surface area contributed by atoms with E-state index in [-0.39, 0.29) is 22.4 Å². The first-order valence-electron chi connectivity index (χ1n) is 10.0. The molecule has 1 aromatic carbocycles. The zero-order chi connectivity index (χ0) is 23.4. The van der Waals surface area contributed by atoms with Gasteiger partial charge < -0.3 is 14.2 Å². The number of alkyl halides is 3. The smallest absolute Gasteiger partial charge is 0.447 e. The summed E-state index contributed by atoms with van der Waals surface area (Å²) in [6.07, 6.45) is 1.24. The lowest BCUT2D eigenvalue weighted by Gasteiger charge is -2.34. The van der Waals surface area contributed by atoms with E-state index in [4.69, 9.17) is 9.26 Å². The number of benzene rings is 1. The normalized spacial score (nSPS) is 15.0. The average Bonchev–Trinajstić information content (AvgIpc) is 3.27. The maximum atomic E-state index is 12.8. The molecule has 3 heterocycles. The molecule has 1 aliphatic heterocycles. The van der Waals surface area contributed by atoms with Crippen molar-refractivity contribution in [2.45, 2.75) is 17.1 Å². The molecule has 0 aliphatic carbocycles. The lowest BCUT2D eigenvalue weighted by Crippen LogP contribution is -2.48. The van der Waals surface area contributed by atoms with Crippen molar-refractivity contribution in [2.24, 2.45) is 0 Å². The summed E-state index contributed by atoms with van der Waals surface area (Å²) in [4.78, 5) is 24.5. The molecule has 1 amide bonds. The van der Waals surface area contributed by atoms with Gasteiger partial charge in [-0.05, 0) is 36.4 Å². The molecule has 3 aromatic rings. The topological polar surface area (TPSA) is 84.6 Å². The van der Waals surface area contributed by atoms with Crippen LogP contribution in [0, 0.1) is 0 Å². The van der Waals surface area contributed by atoms with Gasteiger partial charge >= 0.3 is 5.51 Å². The van der Waals surface area contributed by atoms with E-state index < -0.39 is 11.4 Å². The highest BCUT2D eigenvalue weighted by Gasteiger charge is 2.33. The van der Waals surface area contributed by atoms with Crippen LogP contribution in [0.2, 0.25) is 0 Å². The Labute approximate surface area is 191 Å². The van der Waals surface area contributed by atoms with Crippen LogP contribution in [0.5, 0.6) is 5.75 Å². The summed E-state index contributed by atoms with van der Waals surface area (Å²) in [5.74, 6) is 1.17. The Morgan fingerprint density at radius 1 is 1.15 bits per heavy atom. The number of thioether (sulfide) groups is 1. The fourth-order valence-electron chi connectivity index (χ4n) is 3.39. The highest BCUT2D eigenvalue weighted by atomic mass is 32.2. The molecule has 2 aromatic heterocycles. The fraction of sp³-hybridized carbons (Fsp3) is 0.333. The minimum absolute atomic E-state index is 0.0469. The molecular weight excluding hydrogens is 459 g/mol. The molecule has 0 N–H and O–H groups in total. The SMILES string of the molecule is COc1ccc(-c2noc(CN3CCN(C(=O)c4cccnc4SC(F)(F)F)CC3)n2)cc1. The van der Waals surface area contributed by atoms with Crippen LogP contribution >= 0.6 is 11.8 Å². The van der Waals surface area contributed by atoms with Crippen LogP contribution in [0.3, 0.4) is 0 Å². The van der Waals surface area contributed by atoms with Crippen LogP contribution in [0.1, 0.15) is 16.2 Å². The third-order valence-electron chi connectivity index (χ3n) is 5.05. The summed E-state index contributed by atoms with van der Waals surface area (Å²) >= 11 is -0.379. The molecule has 1 fully saturated rings. The van der Waals surface area contributed by atoms with Gasteiger partial charge in [-0.1, -0.05) is 5.16 Å². The first kappa shape index (κ1) is 23.1. The predicted octanol–water partition coefficient (Wildman–Crippen LogP) is 3.71. The molecule has 1 saturated heterocycles. The van der Waals surface area contributed by atoms with Gasteiger partial charge in [0.1, 0.15) is 10.8 Å². The van der Waals surface area contributed by atoms with E-state index in [0.717, 1.165) is 11.3 Å². The molecule has 0 bridgehead atoms. The molecular formula is C21H20F3N5O3S. The number of carbonyl (C=O) groups is 1. The number of hydrogen-bond acceptors (Lipinski definition) is 8. The number of hydrogen-bond donors (Lipinski definition) is 0. The lowest BCUT2D eigenvalue weighted by molar-refractivity contribution is -0.0329. The number of pyridine rings is 1. The van der Waals surface area contributed by atoms with Crippen molar-refractivity contribution in [3.63, 3.8) is 0 Å². The van der Waals surface area contributed by atoms with Gasteiger partial charge in [0.05, 0.1) is 19.2 Å². The van der Waals surface area contributed by atoms with Gasteiger partial charge in [0, 0.05) is 49.7 Å². The maximum Gasteiger partial charge on any atom is 0.447 e. The van der Waals surface area contributed by atoms with Gasteiger partial charge in [-0.15, -0.1) is 0 Å². The van der Waals surface area contributed by atoms with Gasteiger partial charge in [-0.25, -0.2) is 4.98 Å². The van der Waals surface area contributed by atoms with E-state index >= 15 is 0 Å². The number of aromatic nitrogens is 3. The number of piperazine rings is 1. The molecule has 1 aliphatic rings. The van der Waals surface area contributed by atoms with Crippen molar-refractivity contribution in [1.29, 1.82) is 0 Å². The van der Waals surface area contributed by atoms with Crippen LogP contribution < -0.4 is 4.74 Å². The molecule has 0 radical (unpaired) electrons. The van der Waals surface area contributed by atoms with Crippen LogP contribution in [0.4, 0.5) is 13.2 Å². The largest absolute Gasteiger partial charge is 0.497 e. The summed E-state index contributed by atoms with van der Waals surface area (Å²) < 4.78 is 48.9. The number of amides is 1. The Kier molecular flexibility index (Phi) is 6.84. The van der Waals surface area contributed by atoms with Crippen LogP contribution in [0.15, 0.2) is 52.1 Å². The Balaban J connectivity index is 1.34. The van der Waals surface area contributed by atoms with E-state index in [1.54, 1.807) is 7.11 Å². The molecule has 0 atom stereocenters. The first-order chi connectivity index (χ1) is 15.8.